The molecule has 0 amide bonds. The Kier molecular flexibility index (Phi) is 5.06. The highest BCUT2D eigenvalue weighted by Gasteiger charge is 2.60. The van der Waals surface area contributed by atoms with Crippen molar-refractivity contribution in [3.8, 4) is 0 Å². The Bertz CT molecular complexity index is 566. The Morgan fingerprint density at radius 2 is 1.69 bits per heavy atom. The van der Waals surface area contributed by atoms with Crippen LogP contribution in [0.2, 0.25) is 0 Å². The van der Waals surface area contributed by atoms with Crippen LogP contribution in [0.15, 0.2) is 0 Å². The van der Waals surface area contributed by atoms with Crippen LogP contribution in [0.5, 0.6) is 0 Å². The normalized spacial score (nSPS) is 41.8. The van der Waals surface area contributed by atoms with Gasteiger partial charge < -0.3 is 28.4 Å². The van der Waals surface area contributed by atoms with Crippen LogP contribution in [-0.2, 0) is 33.2 Å². The van der Waals surface area contributed by atoms with Gasteiger partial charge in [-0.1, -0.05) is 22.6 Å². The summed E-state index contributed by atoms with van der Waals surface area (Å²) in [6.07, 6.45) is 3.17. The van der Waals surface area contributed by atoms with Gasteiger partial charge in [0, 0.05) is 0 Å². The third-order valence-corrected chi connectivity index (χ3v) is 5.55. The number of rotatable bonds is 3. The van der Waals surface area contributed by atoms with Crippen LogP contribution in [-0.4, -0.2) is 54.9 Å². The molecule has 143 valence electrons. The van der Waals surface area contributed by atoms with E-state index in [0.29, 0.717) is 5.92 Å². The average molecular weight is 477 g/mol. The molecule has 0 unspecified atom stereocenters. The van der Waals surface area contributed by atoms with Gasteiger partial charge in [0.2, 0.25) is 0 Å². The second-order valence-corrected chi connectivity index (χ2v) is 8.76. The molecule has 0 aromatic heterocycles. The fraction of sp³-hybridized carbons (Fsp3) is 0.667. The summed E-state index contributed by atoms with van der Waals surface area (Å²) >= 11 is 2.10. The lowest BCUT2D eigenvalue weighted by Gasteiger charge is -2.37. The van der Waals surface area contributed by atoms with E-state index in [9.17, 15) is 4.79 Å². The zero-order valence-corrected chi connectivity index (χ0v) is 17.2. The lowest BCUT2D eigenvalue weighted by atomic mass is 9.99. The van der Waals surface area contributed by atoms with Gasteiger partial charge in [-0.05, 0) is 47.0 Å². The molecule has 0 bridgehead atoms. The Hall–Kier alpha value is -0.000000000000000125. The van der Waals surface area contributed by atoms with Crippen LogP contribution in [0.3, 0.4) is 0 Å². The number of carbonyl (C=O) groups excluding carboxylic acids is 1. The van der Waals surface area contributed by atoms with E-state index in [2.05, 4.69) is 22.6 Å². The number of hydrogen-bond acceptors (Lipinski definition) is 7. The molecular formula is C18H22IO7. The van der Waals surface area contributed by atoms with Crippen LogP contribution < -0.4 is 0 Å². The van der Waals surface area contributed by atoms with E-state index >= 15 is 0 Å². The van der Waals surface area contributed by atoms with E-state index < -0.39 is 30.1 Å². The van der Waals surface area contributed by atoms with Gasteiger partial charge in [0.25, 0.3) is 0 Å². The first-order valence-electron chi connectivity index (χ1n) is 8.60. The van der Waals surface area contributed by atoms with Crippen LogP contribution in [0, 0.1) is 29.1 Å². The number of fused-ring (bicyclic) bond motifs is 3. The summed E-state index contributed by atoms with van der Waals surface area (Å²) in [5, 5.41) is 0. The minimum atomic E-state index is -0.771. The molecule has 5 radical (unpaired) electrons. The number of carbonyl (C=O) groups is 1. The van der Waals surface area contributed by atoms with Gasteiger partial charge in [-0.3, -0.25) is 4.79 Å². The lowest BCUT2D eigenvalue weighted by Crippen LogP contribution is -2.56. The molecule has 26 heavy (non-hydrogen) atoms. The third-order valence-electron chi connectivity index (χ3n) is 4.61. The van der Waals surface area contributed by atoms with E-state index in [1.54, 1.807) is 6.42 Å². The summed E-state index contributed by atoms with van der Waals surface area (Å²) in [6.45, 7) is 7.40. The standard InChI is InChI=1S/C18H22IO7/c1-17(2)23-12-11(8-21-15(20)9-6-5-7-10(9)19)22-16-14(13(12)24-17)25-18(3,4)26-16/h5-7,11-14,16H,8H2,1-4H3/t11-,12+,13+,14-,16-/m1/s1. The molecule has 0 aromatic rings. The van der Waals surface area contributed by atoms with E-state index in [4.69, 9.17) is 28.4 Å². The van der Waals surface area contributed by atoms with Crippen molar-refractivity contribution in [1.29, 1.82) is 0 Å². The Morgan fingerprint density at radius 3 is 2.38 bits per heavy atom. The predicted molar refractivity (Wildman–Crippen MR) is 96.9 cm³/mol. The molecule has 7 nitrogen and oxygen atoms in total. The molecule has 0 N–H and O–H groups in total. The number of hydrogen-bond donors (Lipinski definition) is 0. The van der Waals surface area contributed by atoms with Gasteiger partial charge in [-0.25, -0.2) is 0 Å². The summed E-state index contributed by atoms with van der Waals surface area (Å²) in [7, 11) is 0. The summed E-state index contributed by atoms with van der Waals surface area (Å²) in [6, 6.07) is 0. The van der Waals surface area contributed by atoms with Crippen LogP contribution >= 0.6 is 22.6 Å². The summed E-state index contributed by atoms with van der Waals surface area (Å²) < 4.78 is 36.2. The van der Waals surface area contributed by atoms with Crippen LogP contribution in [0.25, 0.3) is 0 Å². The molecule has 0 aromatic carbocycles. The van der Waals surface area contributed by atoms with Crippen LogP contribution in [0.4, 0.5) is 0 Å². The smallest absolute Gasteiger partial charge is 0.315 e. The van der Waals surface area contributed by atoms with Gasteiger partial charge in [0.05, 0.1) is 3.92 Å². The fourth-order valence-corrected chi connectivity index (χ4v) is 4.23. The molecule has 4 rings (SSSR count). The first-order chi connectivity index (χ1) is 12.2. The highest BCUT2D eigenvalue weighted by molar-refractivity contribution is 14.1. The van der Waals surface area contributed by atoms with Gasteiger partial charge in [0.1, 0.15) is 36.9 Å². The van der Waals surface area contributed by atoms with Crippen molar-refractivity contribution in [3.63, 3.8) is 0 Å². The number of esters is 1. The first kappa shape index (κ1) is 19.3. The lowest BCUT2D eigenvalue weighted by molar-refractivity contribution is -0.242. The summed E-state index contributed by atoms with van der Waals surface area (Å²) in [4.78, 5) is 12.3. The zero-order chi connectivity index (χ0) is 18.7. The number of ether oxygens (including phenoxy) is 6. The molecule has 3 saturated heterocycles. The first-order valence-corrected chi connectivity index (χ1v) is 9.68. The van der Waals surface area contributed by atoms with E-state index in [1.807, 2.05) is 40.5 Å². The molecule has 3 heterocycles. The molecule has 5 atom stereocenters. The maximum atomic E-state index is 12.3. The second-order valence-electron chi connectivity index (χ2n) is 7.59. The minimum absolute atomic E-state index is 0.0493. The van der Waals surface area contributed by atoms with Crippen molar-refractivity contribution in [1.82, 2.24) is 0 Å². The SMILES string of the molecule is CC1(C)O[C@H]2[C@@H](O1)[C@@H](COC(=O)[C]1[CH][CH][CH][C]1I)O[C@@H]1OC(C)(C)O[C@@H]12. The molecule has 0 spiro atoms. The van der Waals surface area contributed by atoms with E-state index in [1.165, 1.54) is 0 Å². The Labute approximate surface area is 167 Å². The summed E-state index contributed by atoms with van der Waals surface area (Å²) in [5.74, 6) is -1.38. The van der Waals surface area contributed by atoms with Crippen molar-refractivity contribution in [2.75, 3.05) is 6.61 Å². The van der Waals surface area contributed by atoms with Crippen molar-refractivity contribution in [2.45, 2.75) is 70.0 Å². The molecule has 4 aliphatic rings. The molecule has 1 saturated carbocycles. The quantitative estimate of drug-likeness (QED) is 0.456. The monoisotopic (exact) mass is 477 g/mol. The van der Waals surface area contributed by atoms with Gasteiger partial charge in [-0.15, -0.1) is 0 Å². The van der Waals surface area contributed by atoms with Gasteiger partial charge in [0.15, 0.2) is 17.9 Å². The van der Waals surface area contributed by atoms with E-state index in [0.717, 1.165) is 3.92 Å². The maximum absolute atomic E-state index is 12.3. The Morgan fingerprint density at radius 1 is 1.04 bits per heavy atom. The topological polar surface area (TPSA) is 72.5 Å². The van der Waals surface area contributed by atoms with E-state index in [-0.39, 0.29) is 24.8 Å². The summed E-state index contributed by atoms with van der Waals surface area (Å²) in [5.41, 5.74) is 0. The molecule has 4 fully saturated rings. The van der Waals surface area contributed by atoms with Gasteiger partial charge >= 0.3 is 5.97 Å². The highest BCUT2D eigenvalue weighted by atomic mass is 127. The van der Waals surface area contributed by atoms with Crippen molar-refractivity contribution >= 4 is 28.6 Å². The number of halogens is 1. The van der Waals surface area contributed by atoms with Crippen LogP contribution in [0.1, 0.15) is 27.7 Å². The Balaban J connectivity index is 1.45. The molecule has 8 heteroatoms. The average Bonchev–Trinajstić information content (AvgIpc) is 3.18. The minimum Gasteiger partial charge on any atom is -0.462 e. The fourth-order valence-electron chi connectivity index (χ4n) is 3.63. The molecule has 3 aliphatic heterocycles. The van der Waals surface area contributed by atoms with Crippen molar-refractivity contribution in [2.24, 2.45) is 0 Å². The van der Waals surface area contributed by atoms with Gasteiger partial charge in [-0.2, -0.15) is 0 Å². The molecular weight excluding hydrogens is 455 g/mol. The largest absolute Gasteiger partial charge is 0.462 e. The van der Waals surface area contributed by atoms with Crippen molar-refractivity contribution < 1.29 is 33.2 Å². The predicted octanol–water partition coefficient (Wildman–Crippen LogP) is 2.09. The molecule has 1 aliphatic carbocycles. The maximum Gasteiger partial charge on any atom is 0.315 e. The second kappa shape index (κ2) is 6.81. The highest BCUT2D eigenvalue weighted by Crippen LogP contribution is 2.44. The van der Waals surface area contributed by atoms with Crippen molar-refractivity contribution in [3.05, 3.63) is 29.1 Å². The zero-order valence-electron chi connectivity index (χ0n) is 15.1. The third kappa shape index (κ3) is 3.65.